The van der Waals surface area contributed by atoms with E-state index in [0.717, 1.165) is 19.4 Å². The summed E-state index contributed by atoms with van der Waals surface area (Å²) < 4.78 is 5.43. The van der Waals surface area contributed by atoms with Gasteiger partial charge in [0.05, 0.1) is 0 Å². The maximum Gasteiger partial charge on any atom is 0.323 e. The van der Waals surface area contributed by atoms with Gasteiger partial charge in [-0.1, -0.05) is 0 Å². The standard InChI is InChI=1S/C14H23NO4/c1-14(2,3)19-13(18)12-10-5-8(6-11(16)17)4-9(10)7-15-12/h8-10,12,15H,4-7H2,1-3H3,(H,16,17)/t8-,9+,10-,12-/m1/s1. The molecule has 19 heavy (non-hydrogen) atoms. The SMILES string of the molecule is CC(C)(C)OC(=O)[C@@H]1NC[C@@H]2C[C@@H](CC(=O)O)C[C@H]21. The van der Waals surface area contributed by atoms with Crippen molar-refractivity contribution in [3.63, 3.8) is 0 Å². The molecule has 5 nitrogen and oxygen atoms in total. The molecule has 1 saturated carbocycles. The molecular formula is C14H23NO4. The molecule has 0 radical (unpaired) electrons. The Morgan fingerprint density at radius 3 is 2.58 bits per heavy atom. The minimum Gasteiger partial charge on any atom is -0.481 e. The Hall–Kier alpha value is -1.10. The predicted octanol–water partition coefficient (Wildman–Crippen LogP) is 1.42. The molecule has 0 aromatic carbocycles. The minimum atomic E-state index is -0.744. The number of ether oxygens (including phenoxy) is 1. The van der Waals surface area contributed by atoms with Gasteiger partial charge in [0.25, 0.3) is 0 Å². The highest BCUT2D eigenvalue weighted by Gasteiger charge is 2.47. The smallest absolute Gasteiger partial charge is 0.323 e. The lowest BCUT2D eigenvalue weighted by molar-refractivity contribution is -0.158. The van der Waals surface area contributed by atoms with Gasteiger partial charge in [-0.3, -0.25) is 9.59 Å². The third kappa shape index (κ3) is 3.47. The molecule has 1 saturated heterocycles. The fourth-order valence-corrected chi connectivity index (χ4v) is 3.39. The second kappa shape index (κ2) is 5.12. The van der Waals surface area contributed by atoms with E-state index in [1.54, 1.807) is 0 Å². The van der Waals surface area contributed by atoms with Crippen LogP contribution in [0.15, 0.2) is 0 Å². The van der Waals surface area contributed by atoms with Crippen LogP contribution in [0.5, 0.6) is 0 Å². The van der Waals surface area contributed by atoms with Crippen LogP contribution >= 0.6 is 0 Å². The van der Waals surface area contributed by atoms with Crippen LogP contribution in [0.25, 0.3) is 0 Å². The average Bonchev–Trinajstić information content (AvgIpc) is 2.71. The van der Waals surface area contributed by atoms with E-state index in [1.807, 2.05) is 20.8 Å². The van der Waals surface area contributed by atoms with Gasteiger partial charge in [-0.05, 0) is 57.9 Å². The van der Waals surface area contributed by atoms with Crippen LogP contribution in [0.1, 0.15) is 40.0 Å². The lowest BCUT2D eigenvalue weighted by Gasteiger charge is -2.24. The van der Waals surface area contributed by atoms with Gasteiger partial charge < -0.3 is 15.2 Å². The van der Waals surface area contributed by atoms with Crippen molar-refractivity contribution in [3.05, 3.63) is 0 Å². The van der Waals surface area contributed by atoms with Crippen LogP contribution in [-0.2, 0) is 14.3 Å². The van der Waals surface area contributed by atoms with Gasteiger partial charge in [0, 0.05) is 6.42 Å². The summed E-state index contributed by atoms with van der Waals surface area (Å²) in [5.41, 5.74) is -0.476. The molecule has 4 atom stereocenters. The van der Waals surface area contributed by atoms with Crippen molar-refractivity contribution < 1.29 is 19.4 Å². The molecule has 0 spiro atoms. The Balaban J connectivity index is 1.95. The number of rotatable bonds is 3. The molecular weight excluding hydrogens is 246 g/mol. The molecule has 1 heterocycles. The number of carbonyl (C=O) groups is 2. The van der Waals surface area contributed by atoms with Gasteiger partial charge >= 0.3 is 11.9 Å². The van der Waals surface area contributed by atoms with Crippen LogP contribution in [0, 0.1) is 17.8 Å². The minimum absolute atomic E-state index is 0.198. The van der Waals surface area contributed by atoms with Crippen molar-refractivity contribution in [2.45, 2.75) is 51.7 Å². The molecule has 0 unspecified atom stereocenters. The monoisotopic (exact) mass is 269 g/mol. The number of fused-ring (bicyclic) bond motifs is 1. The maximum atomic E-state index is 12.1. The molecule has 0 amide bonds. The largest absolute Gasteiger partial charge is 0.481 e. The van der Waals surface area contributed by atoms with Gasteiger partial charge in [-0.2, -0.15) is 0 Å². The summed E-state index contributed by atoms with van der Waals surface area (Å²) in [6.45, 7) is 6.38. The van der Waals surface area contributed by atoms with Crippen LogP contribution in [0.4, 0.5) is 0 Å². The van der Waals surface area contributed by atoms with E-state index in [4.69, 9.17) is 9.84 Å². The number of carboxylic acid groups (broad SMARTS) is 1. The topological polar surface area (TPSA) is 75.6 Å². The third-order valence-corrected chi connectivity index (χ3v) is 4.00. The normalized spacial score (nSPS) is 34.1. The first kappa shape index (κ1) is 14.3. The zero-order valence-corrected chi connectivity index (χ0v) is 11.8. The highest BCUT2D eigenvalue weighted by atomic mass is 16.6. The van der Waals surface area contributed by atoms with E-state index in [1.165, 1.54) is 0 Å². The van der Waals surface area contributed by atoms with Crippen molar-refractivity contribution in [3.8, 4) is 0 Å². The first-order valence-electron chi connectivity index (χ1n) is 6.94. The Bertz CT molecular complexity index is 374. The zero-order chi connectivity index (χ0) is 14.2. The molecule has 0 bridgehead atoms. The first-order chi connectivity index (χ1) is 8.76. The second-order valence-corrected chi connectivity index (χ2v) is 6.78. The van der Waals surface area contributed by atoms with E-state index in [-0.39, 0.29) is 30.3 Å². The quantitative estimate of drug-likeness (QED) is 0.758. The number of aliphatic carboxylic acids is 1. The van der Waals surface area contributed by atoms with Crippen LogP contribution in [0.3, 0.4) is 0 Å². The summed E-state index contributed by atoms with van der Waals surface area (Å²) in [7, 11) is 0. The van der Waals surface area contributed by atoms with Gasteiger partial charge in [0.15, 0.2) is 0 Å². The number of carboxylic acids is 1. The van der Waals surface area contributed by atoms with Crippen LogP contribution in [-0.4, -0.2) is 35.2 Å². The molecule has 2 aliphatic rings. The van der Waals surface area contributed by atoms with Gasteiger partial charge in [-0.15, -0.1) is 0 Å². The Morgan fingerprint density at radius 1 is 1.32 bits per heavy atom. The number of carbonyl (C=O) groups excluding carboxylic acids is 1. The number of nitrogens with one attached hydrogen (secondary N) is 1. The van der Waals surface area contributed by atoms with Gasteiger partial charge in [-0.25, -0.2) is 0 Å². The molecule has 0 aromatic rings. The predicted molar refractivity (Wildman–Crippen MR) is 69.6 cm³/mol. The Morgan fingerprint density at radius 2 is 2.00 bits per heavy atom. The molecule has 2 rings (SSSR count). The number of esters is 1. The van der Waals surface area contributed by atoms with E-state index >= 15 is 0 Å². The van der Waals surface area contributed by atoms with E-state index < -0.39 is 11.6 Å². The van der Waals surface area contributed by atoms with E-state index in [0.29, 0.717) is 5.92 Å². The molecule has 2 fully saturated rings. The van der Waals surface area contributed by atoms with Crippen molar-refractivity contribution in [1.82, 2.24) is 5.32 Å². The number of hydrogen-bond acceptors (Lipinski definition) is 4. The summed E-state index contributed by atoms with van der Waals surface area (Å²) in [5, 5.41) is 12.1. The van der Waals surface area contributed by atoms with Crippen LogP contribution < -0.4 is 5.32 Å². The van der Waals surface area contributed by atoms with Gasteiger partial charge in [0.2, 0.25) is 0 Å². The first-order valence-corrected chi connectivity index (χ1v) is 6.94. The highest BCUT2D eigenvalue weighted by Crippen LogP contribution is 2.43. The summed E-state index contributed by atoms with van der Waals surface area (Å²) >= 11 is 0. The average molecular weight is 269 g/mol. The Labute approximate surface area is 113 Å². The molecule has 2 N–H and O–H groups in total. The van der Waals surface area contributed by atoms with Crippen molar-refractivity contribution in [1.29, 1.82) is 0 Å². The highest BCUT2D eigenvalue weighted by molar-refractivity contribution is 5.77. The van der Waals surface area contributed by atoms with Crippen molar-refractivity contribution >= 4 is 11.9 Å². The lowest BCUT2D eigenvalue weighted by Crippen LogP contribution is -2.41. The summed E-state index contributed by atoms with van der Waals surface area (Å²) in [6.07, 6.45) is 1.94. The van der Waals surface area contributed by atoms with Gasteiger partial charge in [0.1, 0.15) is 11.6 Å². The summed E-state index contributed by atoms with van der Waals surface area (Å²) in [4.78, 5) is 22.9. The third-order valence-electron chi connectivity index (χ3n) is 4.00. The fourth-order valence-electron chi connectivity index (χ4n) is 3.39. The maximum absolute atomic E-state index is 12.1. The molecule has 0 aromatic heterocycles. The molecule has 1 aliphatic carbocycles. The van der Waals surface area contributed by atoms with Crippen molar-refractivity contribution in [2.75, 3.05) is 6.54 Å². The summed E-state index contributed by atoms with van der Waals surface area (Å²) in [6, 6.07) is -0.261. The lowest BCUT2D eigenvalue weighted by atomic mass is 9.93. The fraction of sp³-hybridized carbons (Fsp3) is 0.857. The molecule has 5 heteroatoms. The number of hydrogen-bond donors (Lipinski definition) is 2. The van der Waals surface area contributed by atoms with E-state index in [9.17, 15) is 9.59 Å². The van der Waals surface area contributed by atoms with Crippen molar-refractivity contribution in [2.24, 2.45) is 17.8 Å². The molecule has 108 valence electrons. The Kier molecular flexibility index (Phi) is 3.85. The second-order valence-electron chi connectivity index (χ2n) is 6.78. The molecule has 1 aliphatic heterocycles. The zero-order valence-electron chi connectivity index (χ0n) is 11.8. The summed E-state index contributed by atoms with van der Waals surface area (Å²) in [5.74, 6) is -0.0802. The van der Waals surface area contributed by atoms with Crippen LogP contribution in [0.2, 0.25) is 0 Å². The van der Waals surface area contributed by atoms with E-state index in [2.05, 4.69) is 5.32 Å².